The lowest BCUT2D eigenvalue weighted by molar-refractivity contribution is -0.114. The molecule has 0 bridgehead atoms. The number of amides is 1. The molecular formula is C20H25N3O5. The fourth-order valence-corrected chi connectivity index (χ4v) is 3.02. The Morgan fingerprint density at radius 3 is 2.39 bits per heavy atom. The van der Waals surface area contributed by atoms with Gasteiger partial charge in [-0.1, -0.05) is 0 Å². The van der Waals surface area contributed by atoms with Gasteiger partial charge in [0.1, 0.15) is 5.75 Å². The fourth-order valence-electron chi connectivity index (χ4n) is 3.02. The van der Waals surface area contributed by atoms with Crippen LogP contribution in [0.1, 0.15) is 46.0 Å². The zero-order valence-corrected chi connectivity index (χ0v) is 16.9. The monoisotopic (exact) mass is 387 g/mol. The Labute approximate surface area is 163 Å². The number of aryl methyl sites for hydroxylation is 1. The van der Waals surface area contributed by atoms with Gasteiger partial charge in [0.2, 0.25) is 11.7 Å². The van der Waals surface area contributed by atoms with Crippen molar-refractivity contribution < 1.29 is 23.9 Å². The molecule has 1 unspecified atom stereocenters. The maximum Gasteiger partial charge on any atom is 0.339 e. The van der Waals surface area contributed by atoms with Gasteiger partial charge in [0, 0.05) is 18.3 Å². The van der Waals surface area contributed by atoms with E-state index in [1.807, 2.05) is 0 Å². The first-order valence-electron chi connectivity index (χ1n) is 8.73. The molecule has 1 aromatic carbocycles. The molecule has 150 valence electrons. The van der Waals surface area contributed by atoms with Gasteiger partial charge in [-0.25, -0.2) is 4.79 Å². The van der Waals surface area contributed by atoms with Gasteiger partial charge >= 0.3 is 5.97 Å². The number of benzene rings is 1. The summed E-state index contributed by atoms with van der Waals surface area (Å²) in [6.45, 7) is 6.54. The van der Waals surface area contributed by atoms with Crippen LogP contribution < -0.4 is 15.4 Å². The molecule has 1 aromatic heterocycles. The second-order valence-electron chi connectivity index (χ2n) is 6.44. The number of Topliss-reactive ketones (excluding diaryl/α,β-unsaturated/α-hetero) is 1. The molecular weight excluding hydrogens is 362 g/mol. The fraction of sp³-hybridized carbons (Fsp3) is 0.350. The number of rotatable bonds is 7. The van der Waals surface area contributed by atoms with Crippen molar-refractivity contribution in [3.8, 4) is 5.75 Å². The van der Waals surface area contributed by atoms with E-state index in [2.05, 4.69) is 15.6 Å². The molecule has 0 spiro atoms. The Kier molecular flexibility index (Phi) is 6.45. The molecule has 0 radical (unpaired) electrons. The lowest BCUT2D eigenvalue weighted by atomic mass is 10.0. The third kappa shape index (κ3) is 4.33. The van der Waals surface area contributed by atoms with E-state index < -0.39 is 12.0 Å². The molecule has 28 heavy (non-hydrogen) atoms. The first kappa shape index (κ1) is 21.0. The number of H-pyrrole nitrogens is 1. The van der Waals surface area contributed by atoms with Crippen molar-refractivity contribution in [3.63, 3.8) is 0 Å². The van der Waals surface area contributed by atoms with Crippen LogP contribution >= 0.6 is 0 Å². The van der Waals surface area contributed by atoms with Gasteiger partial charge in [-0.2, -0.15) is 0 Å². The van der Waals surface area contributed by atoms with Crippen molar-refractivity contribution >= 4 is 29.0 Å². The van der Waals surface area contributed by atoms with Crippen molar-refractivity contribution in [2.75, 3.05) is 24.9 Å². The van der Waals surface area contributed by atoms with E-state index in [9.17, 15) is 14.4 Å². The molecule has 1 amide bonds. The highest BCUT2D eigenvalue weighted by Crippen LogP contribution is 2.29. The molecule has 1 heterocycles. The Balaban J connectivity index is 2.30. The summed E-state index contributed by atoms with van der Waals surface area (Å²) < 4.78 is 10.1. The SMILES string of the molecule is COC(=O)c1c(C)[nH]c(C(=O)C(C)Nc2cc(NC(C)=O)ccc2OC)c1C. The molecule has 2 aromatic rings. The van der Waals surface area contributed by atoms with Crippen molar-refractivity contribution in [2.45, 2.75) is 33.7 Å². The van der Waals surface area contributed by atoms with Crippen LogP contribution in [0.3, 0.4) is 0 Å². The molecule has 1 atom stereocenters. The van der Waals surface area contributed by atoms with Crippen molar-refractivity contribution in [3.05, 3.63) is 40.7 Å². The molecule has 3 N–H and O–H groups in total. The van der Waals surface area contributed by atoms with Crippen LogP contribution in [0.2, 0.25) is 0 Å². The van der Waals surface area contributed by atoms with Gasteiger partial charge < -0.3 is 25.1 Å². The lowest BCUT2D eigenvalue weighted by Crippen LogP contribution is -2.27. The highest BCUT2D eigenvalue weighted by molar-refractivity contribution is 6.05. The molecule has 2 rings (SSSR count). The number of aromatic amines is 1. The van der Waals surface area contributed by atoms with E-state index in [0.29, 0.717) is 39.6 Å². The predicted molar refractivity (Wildman–Crippen MR) is 106 cm³/mol. The molecule has 0 saturated heterocycles. The van der Waals surface area contributed by atoms with Crippen LogP contribution in [-0.4, -0.2) is 42.9 Å². The minimum Gasteiger partial charge on any atom is -0.495 e. The maximum absolute atomic E-state index is 13.0. The normalized spacial score (nSPS) is 11.5. The number of hydrogen-bond acceptors (Lipinski definition) is 6. The van der Waals surface area contributed by atoms with E-state index in [1.54, 1.807) is 39.0 Å². The number of ether oxygens (including phenoxy) is 2. The van der Waals surface area contributed by atoms with Crippen LogP contribution in [-0.2, 0) is 9.53 Å². The quantitative estimate of drug-likeness (QED) is 0.498. The number of aromatic nitrogens is 1. The number of carbonyl (C=O) groups excluding carboxylic acids is 3. The van der Waals surface area contributed by atoms with E-state index in [-0.39, 0.29) is 11.7 Å². The zero-order valence-electron chi connectivity index (χ0n) is 16.9. The first-order valence-corrected chi connectivity index (χ1v) is 8.73. The van der Waals surface area contributed by atoms with Crippen LogP contribution in [0, 0.1) is 13.8 Å². The van der Waals surface area contributed by atoms with Gasteiger partial charge in [0.05, 0.1) is 37.2 Å². The largest absolute Gasteiger partial charge is 0.495 e. The maximum atomic E-state index is 13.0. The van der Waals surface area contributed by atoms with Gasteiger partial charge in [-0.15, -0.1) is 0 Å². The third-order valence-electron chi connectivity index (χ3n) is 4.36. The Bertz CT molecular complexity index is 917. The lowest BCUT2D eigenvalue weighted by Gasteiger charge is -2.18. The number of carbonyl (C=O) groups is 3. The summed E-state index contributed by atoms with van der Waals surface area (Å²) in [5.41, 5.74) is 2.96. The van der Waals surface area contributed by atoms with Crippen molar-refractivity contribution in [1.29, 1.82) is 0 Å². The minimum absolute atomic E-state index is 0.201. The molecule has 0 aliphatic heterocycles. The van der Waals surface area contributed by atoms with Crippen LogP contribution in [0.25, 0.3) is 0 Å². The number of hydrogen-bond donors (Lipinski definition) is 3. The summed E-state index contributed by atoms with van der Waals surface area (Å²) in [5, 5.41) is 5.80. The van der Waals surface area contributed by atoms with Gasteiger partial charge in [0.15, 0.2) is 0 Å². The number of anilines is 2. The Morgan fingerprint density at radius 2 is 1.82 bits per heavy atom. The number of esters is 1. The first-order chi connectivity index (χ1) is 13.2. The van der Waals surface area contributed by atoms with Crippen LogP contribution in [0.15, 0.2) is 18.2 Å². The summed E-state index contributed by atoms with van der Waals surface area (Å²) in [5.74, 6) is -0.380. The van der Waals surface area contributed by atoms with Gasteiger partial charge in [-0.05, 0) is 44.5 Å². The van der Waals surface area contributed by atoms with Gasteiger partial charge in [0.25, 0.3) is 0 Å². The zero-order chi connectivity index (χ0) is 21.0. The van der Waals surface area contributed by atoms with Crippen molar-refractivity contribution in [1.82, 2.24) is 4.98 Å². The average Bonchev–Trinajstić information content (AvgIpc) is 2.94. The molecule has 8 nitrogen and oxygen atoms in total. The smallest absolute Gasteiger partial charge is 0.339 e. The van der Waals surface area contributed by atoms with Crippen LogP contribution in [0.4, 0.5) is 11.4 Å². The average molecular weight is 387 g/mol. The van der Waals surface area contributed by atoms with Crippen molar-refractivity contribution in [2.24, 2.45) is 0 Å². The predicted octanol–water partition coefficient (Wildman–Crippen LogP) is 3.07. The summed E-state index contributed by atoms with van der Waals surface area (Å²) in [7, 11) is 2.82. The topological polar surface area (TPSA) is 110 Å². The number of nitrogens with one attached hydrogen (secondary N) is 3. The third-order valence-corrected chi connectivity index (χ3v) is 4.36. The van der Waals surface area contributed by atoms with E-state index in [0.717, 1.165) is 0 Å². The van der Waals surface area contributed by atoms with Gasteiger partial charge in [-0.3, -0.25) is 9.59 Å². The summed E-state index contributed by atoms with van der Waals surface area (Å²) in [4.78, 5) is 39.2. The molecule has 0 saturated carbocycles. The Morgan fingerprint density at radius 1 is 1.14 bits per heavy atom. The minimum atomic E-state index is -0.622. The standard InChI is InChI=1S/C20H25N3O5/c1-10-17(20(26)28-6)11(2)22-18(10)19(25)12(3)21-15-9-14(23-13(4)24)7-8-16(15)27-5/h7-9,12,21-22H,1-6H3,(H,23,24). The molecule has 0 aliphatic carbocycles. The second-order valence-corrected chi connectivity index (χ2v) is 6.44. The van der Waals surface area contributed by atoms with Crippen LogP contribution in [0.5, 0.6) is 5.75 Å². The summed E-state index contributed by atoms with van der Waals surface area (Å²) >= 11 is 0. The second kappa shape index (κ2) is 8.60. The van der Waals surface area contributed by atoms with E-state index >= 15 is 0 Å². The number of ketones is 1. The molecule has 0 aliphatic rings. The van der Waals surface area contributed by atoms with E-state index in [1.165, 1.54) is 21.1 Å². The number of methoxy groups -OCH3 is 2. The highest BCUT2D eigenvalue weighted by atomic mass is 16.5. The highest BCUT2D eigenvalue weighted by Gasteiger charge is 2.26. The molecule has 8 heteroatoms. The summed E-state index contributed by atoms with van der Waals surface area (Å²) in [6, 6.07) is 4.48. The van der Waals surface area contributed by atoms with E-state index in [4.69, 9.17) is 9.47 Å². The molecule has 0 fully saturated rings. The summed E-state index contributed by atoms with van der Waals surface area (Å²) in [6.07, 6.45) is 0. The Hall–Kier alpha value is -3.29.